The summed E-state index contributed by atoms with van der Waals surface area (Å²) < 4.78 is 5.53. The number of unbranched alkanes of at least 4 members (excludes halogenated alkanes) is 6. The van der Waals surface area contributed by atoms with E-state index < -0.39 is 0 Å². The number of hydrogen-bond acceptors (Lipinski definition) is 3. The van der Waals surface area contributed by atoms with Crippen LogP contribution in [-0.2, 0) is 6.42 Å². The molecule has 0 amide bonds. The summed E-state index contributed by atoms with van der Waals surface area (Å²) in [4.78, 5) is 4.62. The van der Waals surface area contributed by atoms with Gasteiger partial charge in [-0.2, -0.15) is 4.98 Å². The molecule has 0 unspecified atom stereocenters. The zero-order chi connectivity index (χ0) is 20.3. The summed E-state index contributed by atoms with van der Waals surface area (Å²) in [5.41, 5.74) is 2.53. The molecule has 0 spiro atoms. The normalized spacial score (nSPS) is 19.5. The highest BCUT2D eigenvalue weighted by molar-refractivity contribution is 5.53. The molecule has 1 fully saturated rings. The number of hydrogen-bond donors (Lipinski definition) is 0. The Morgan fingerprint density at radius 1 is 0.828 bits per heavy atom. The molecule has 0 bridgehead atoms. The average Bonchev–Trinajstić information content (AvgIpc) is 3.23. The molecule has 1 aliphatic rings. The molecule has 0 N–H and O–H groups in total. The predicted octanol–water partition coefficient (Wildman–Crippen LogP) is 8.10. The molecule has 0 aliphatic heterocycles. The Hall–Kier alpha value is -1.64. The third-order valence-corrected chi connectivity index (χ3v) is 6.64. The Balaban J connectivity index is 1.43. The molecule has 0 radical (unpaired) electrons. The van der Waals surface area contributed by atoms with E-state index in [1.807, 2.05) is 0 Å². The number of rotatable bonds is 12. The maximum absolute atomic E-state index is 5.53. The van der Waals surface area contributed by atoms with E-state index in [1.54, 1.807) is 0 Å². The molecule has 1 saturated carbocycles. The van der Waals surface area contributed by atoms with Crippen LogP contribution in [0.25, 0.3) is 11.5 Å². The largest absolute Gasteiger partial charge is 0.334 e. The van der Waals surface area contributed by atoms with Crippen molar-refractivity contribution < 1.29 is 4.52 Å². The van der Waals surface area contributed by atoms with Crippen LogP contribution in [0.3, 0.4) is 0 Å². The molecule has 1 aromatic heterocycles. The molecule has 1 aliphatic carbocycles. The maximum atomic E-state index is 5.53. The first-order valence-corrected chi connectivity index (χ1v) is 12.2. The Morgan fingerprint density at radius 3 is 2.21 bits per heavy atom. The van der Waals surface area contributed by atoms with E-state index in [0.717, 1.165) is 36.1 Å². The van der Waals surface area contributed by atoms with Gasteiger partial charge in [-0.1, -0.05) is 82.5 Å². The number of aromatic nitrogens is 2. The van der Waals surface area contributed by atoms with E-state index in [2.05, 4.69) is 48.3 Å². The Kier molecular flexibility index (Phi) is 9.24. The lowest BCUT2D eigenvalue weighted by atomic mass is 9.77. The van der Waals surface area contributed by atoms with E-state index in [0.29, 0.717) is 5.89 Å². The van der Waals surface area contributed by atoms with Crippen molar-refractivity contribution in [3.63, 3.8) is 0 Å². The molecular weight excluding hydrogens is 356 g/mol. The van der Waals surface area contributed by atoms with Crippen molar-refractivity contribution >= 4 is 0 Å². The van der Waals surface area contributed by atoms with Crippen molar-refractivity contribution in [2.45, 2.75) is 110 Å². The standard InChI is InChI=1S/C26H40N2O/c1-3-5-6-7-8-9-10-12-25-27-26(29-28-25)24-19-17-23(18-20-24)22-15-13-21(11-4-2)14-16-22/h17-22H,3-16H2,1-2H3. The summed E-state index contributed by atoms with van der Waals surface area (Å²) in [6.45, 7) is 4.57. The van der Waals surface area contributed by atoms with Crippen LogP contribution in [0, 0.1) is 5.92 Å². The van der Waals surface area contributed by atoms with Crippen molar-refractivity contribution in [2.75, 3.05) is 0 Å². The van der Waals surface area contributed by atoms with Crippen molar-refractivity contribution in [1.29, 1.82) is 0 Å². The smallest absolute Gasteiger partial charge is 0.257 e. The first-order chi connectivity index (χ1) is 14.3. The van der Waals surface area contributed by atoms with Crippen LogP contribution in [0.2, 0.25) is 0 Å². The lowest BCUT2D eigenvalue weighted by molar-refractivity contribution is 0.308. The second-order valence-electron chi connectivity index (χ2n) is 9.02. The summed E-state index contributed by atoms with van der Waals surface area (Å²) in [5.74, 6) is 3.21. The molecule has 1 heterocycles. The molecule has 2 aromatic rings. The van der Waals surface area contributed by atoms with Gasteiger partial charge in [0, 0.05) is 12.0 Å². The minimum atomic E-state index is 0.668. The van der Waals surface area contributed by atoms with Crippen LogP contribution in [0.15, 0.2) is 28.8 Å². The zero-order valence-corrected chi connectivity index (χ0v) is 18.7. The summed E-state index contributed by atoms with van der Waals surface area (Å²) >= 11 is 0. The Morgan fingerprint density at radius 2 is 1.52 bits per heavy atom. The van der Waals surface area contributed by atoms with Crippen LogP contribution in [0.1, 0.15) is 115 Å². The summed E-state index contributed by atoms with van der Waals surface area (Å²) in [6, 6.07) is 8.89. The van der Waals surface area contributed by atoms with E-state index in [4.69, 9.17) is 4.52 Å². The van der Waals surface area contributed by atoms with Gasteiger partial charge in [0.25, 0.3) is 5.89 Å². The first kappa shape index (κ1) is 22.1. The lowest BCUT2D eigenvalue weighted by Crippen LogP contribution is -2.13. The van der Waals surface area contributed by atoms with Gasteiger partial charge in [-0.3, -0.25) is 0 Å². The number of nitrogens with zero attached hydrogens (tertiary/aromatic N) is 2. The van der Waals surface area contributed by atoms with Crippen molar-refractivity contribution in [1.82, 2.24) is 10.1 Å². The molecule has 0 atom stereocenters. The van der Waals surface area contributed by atoms with Gasteiger partial charge < -0.3 is 4.52 Å². The van der Waals surface area contributed by atoms with Gasteiger partial charge in [-0.25, -0.2) is 0 Å². The van der Waals surface area contributed by atoms with Crippen LogP contribution >= 0.6 is 0 Å². The molecule has 1 aromatic carbocycles. The van der Waals surface area contributed by atoms with Crippen LogP contribution < -0.4 is 0 Å². The molecular formula is C26H40N2O. The van der Waals surface area contributed by atoms with Gasteiger partial charge in [0.05, 0.1) is 0 Å². The van der Waals surface area contributed by atoms with Gasteiger partial charge >= 0.3 is 0 Å². The predicted molar refractivity (Wildman–Crippen MR) is 121 cm³/mol. The second-order valence-corrected chi connectivity index (χ2v) is 9.02. The zero-order valence-electron chi connectivity index (χ0n) is 18.7. The van der Waals surface area contributed by atoms with Crippen LogP contribution in [0.4, 0.5) is 0 Å². The molecule has 29 heavy (non-hydrogen) atoms. The summed E-state index contributed by atoms with van der Waals surface area (Å²) in [6.07, 6.45) is 18.3. The molecule has 3 nitrogen and oxygen atoms in total. The summed E-state index contributed by atoms with van der Waals surface area (Å²) in [7, 11) is 0. The van der Waals surface area contributed by atoms with E-state index in [1.165, 1.54) is 82.6 Å². The van der Waals surface area contributed by atoms with Gasteiger partial charge in [-0.05, 0) is 61.6 Å². The number of aryl methyl sites for hydroxylation is 1. The summed E-state index contributed by atoms with van der Waals surface area (Å²) in [5, 5.41) is 4.19. The highest BCUT2D eigenvalue weighted by atomic mass is 16.5. The van der Waals surface area contributed by atoms with Gasteiger partial charge in [0.1, 0.15) is 0 Å². The van der Waals surface area contributed by atoms with Crippen molar-refractivity contribution in [3.8, 4) is 11.5 Å². The van der Waals surface area contributed by atoms with E-state index >= 15 is 0 Å². The minimum absolute atomic E-state index is 0.668. The fourth-order valence-corrected chi connectivity index (χ4v) is 4.80. The maximum Gasteiger partial charge on any atom is 0.257 e. The third-order valence-electron chi connectivity index (χ3n) is 6.64. The number of benzene rings is 1. The second kappa shape index (κ2) is 12.1. The van der Waals surface area contributed by atoms with E-state index in [9.17, 15) is 0 Å². The SMILES string of the molecule is CCCCCCCCCc1noc(-c2ccc(C3CCC(CCC)CC3)cc2)n1. The minimum Gasteiger partial charge on any atom is -0.334 e. The highest BCUT2D eigenvalue weighted by Gasteiger charge is 2.22. The quantitative estimate of drug-likeness (QED) is 0.340. The van der Waals surface area contributed by atoms with Gasteiger partial charge in [0.15, 0.2) is 5.82 Å². The Labute approximate surface area is 177 Å². The van der Waals surface area contributed by atoms with Crippen molar-refractivity contribution in [3.05, 3.63) is 35.7 Å². The first-order valence-electron chi connectivity index (χ1n) is 12.2. The molecule has 3 rings (SSSR count). The Bertz CT molecular complexity index is 683. The van der Waals surface area contributed by atoms with Gasteiger partial charge in [-0.15, -0.1) is 0 Å². The lowest BCUT2D eigenvalue weighted by Gasteiger charge is -2.28. The fraction of sp³-hybridized carbons (Fsp3) is 0.692. The fourth-order valence-electron chi connectivity index (χ4n) is 4.80. The molecule has 0 saturated heterocycles. The molecule has 160 valence electrons. The van der Waals surface area contributed by atoms with Crippen LogP contribution in [-0.4, -0.2) is 10.1 Å². The highest BCUT2D eigenvalue weighted by Crippen LogP contribution is 2.37. The third kappa shape index (κ3) is 6.97. The average molecular weight is 397 g/mol. The van der Waals surface area contributed by atoms with Gasteiger partial charge in [0.2, 0.25) is 0 Å². The molecule has 3 heteroatoms. The topological polar surface area (TPSA) is 38.9 Å². The van der Waals surface area contributed by atoms with Crippen LogP contribution in [0.5, 0.6) is 0 Å². The monoisotopic (exact) mass is 396 g/mol. The van der Waals surface area contributed by atoms with E-state index in [-0.39, 0.29) is 0 Å². The van der Waals surface area contributed by atoms with Crippen molar-refractivity contribution in [2.24, 2.45) is 5.92 Å².